The molecule has 0 atom stereocenters. The number of benzene rings is 4. The van der Waals surface area contributed by atoms with Gasteiger partial charge in [-0.05, 0) is 39.2 Å². The summed E-state index contributed by atoms with van der Waals surface area (Å²) in [5.74, 6) is 0. The molecule has 0 aliphatic heterocycles. The van der Waals surface area contributed by atoms with Gasteiger partial charge >= 0.3 is 0 Å². The van der Waals surface area contributed by atoms with Gasteiger partial charge in [0.25, 0.3) is 5.69 Å². The Bertz CT molecular complexity index is 1610. The van der Waals surface area contributed by atoms with Crippen LogP contribution in [0.3, 0.4) is 0 Å². The first kappa shape index (κ1) is 19.3. The normalized spacial score (nSPS) is 13.8. The van der Waals surface area contributed by atoms with Crippen molar-refractivity contribution >= 4 is 17.1 Å². The van der Waals surface area contributed by atoms with E-state index in [-0.39, 0.29) is 39.9 Å². The summed E-state index contributed by atoms with van der Waals surface area (Å²) in [6.07, 6.45) is 0. The minimum atomic E-state index is -0.485. The fraction of sp³-hybridized carbons (Fsp3) is 0.250. The molecule has 0 aromatic heterocycles. The maximum atomic E-state index is 11.9. The molecule has 4 heteroatoms. The Morgan fingerprint density at radius 3 is 1.86 bits per heavy atom. The van der Waals surface area contributed by atoms with E-state index >= 15 is 0 Å². The van der Waals surface area contributed by atoms with E-state index in [4.69, 9.17) is 6.85 Å². The van der Waals surface area contributed by atoms with Gasteiger partial charge in [0.15, 0.2) is 0 Å². The SMILES string of the molecule is [2H]c1c([2H])c([2H])c(-c2cccc(-c3cc(C(C)(C)C)cc(C(C)(C)C)c3)c2Nc2ccccc2[N+](=O)[O-])c([2H])c1[2H]. The van der Waals surface area contributed by atoms with Crippen LogP contribution in [0.25, 0.3) is 22.3 Å². The first-order valence-corrected chi connectivity index (χ1v) is 11.9. The van der Waals surface area contributed by atoms with Crippen LogP contribution < -0.4 is 5.32 Å². The van der Waals surface area contributed by atoms with Crippen molar-refractivity contribution in [2.75, 3.05) is 5.32 Å². The lowest BCUT2D eigenvalue weighted by Crippen LogP contribution is -2.16. The molecular formula is C32H34N2O2. The summed E-state index contributed by atoms with van der Waals surface area (Å²) in [6.45, 7) is 12.8. The van der Waals surface area contributed by atoms with Gasteiger partial charge in [0, 0.05) is 17.2 Å². The van der Waals surface area contributed by atoms with Crippen LogP contribution in [0.4, 0.5) is 17.1 Å². The highest BCUT2D eigenvalue weighted by molar-refractivity contribution is 5.94. The zero-order valence-electron chi connectivity index (χ0n) is 26.5. The van der Waals surface area contributed by atoms with Crippen LogP contribution in [0, 0.1) is 10.1 Å². The van der Waals surface area contributed by atoms with Gasteiger partial charge in [0.2, 0.25) is 0 Å². The maximum Gasteiger partial charge on any atom is 0.292 e. The lowest BCUT2D eigenvalue weighted by molar-refractivity contribution is -0.383. The number of nitro benzene ring substituents is 1. The van der Waals surface area contributed by atoms with Crippen LogP contribution in [-0.2, 0) is 10.8 Å². The van der Waals surface area contributed by atoms with Crippen LogP contribution in [0.2, 0.25) is 0 Å². The molecule has 4 aromatic rings. The van der Waals surface area contributed by atoms with Crippen LogP contribution >= 0.6 is 0 Å². The second-order valence-electron chi connectivity index (χ2n) is 10.9. The minimum Gasteiger partial charge on any atom is -0.349 e. The lowest BCUT2D eigenvalue weighted by Gasteiger charge is -2.27. The highest BCUT2D eigenvalue weighted by Crippen LogP contribution is 2.42. The summed E-state index contributed by atoms with van der Waals surface area (Å²) in [7, 11) is 0. The smallest absolute Gasteiger partial charge is 0.292 e. The van der Waals surface area contributed by atoms with Crippen molar-refractivity contribution in [1.82, 2.24) is 0 Å². The molecule has 4 rings (SSSR count). The third kappa shape index (κ3) is 5.33. The molecular weight excluding hydrogens is 444 g/mol. The third-order valence-corrected chi connectivity index (χ3v) is 6.17. The van der Waals surface area contributed by atoms with E-state index in [9.17, 15) is 10.1 Å². The Balaban J connectivity index is 2.13. The summed E-state index contributed by atoms with van der Waals surface area (Å²) in [4.78, 5) is 11.4. The van der Waals surface area contributed by atoms with Gasteiger partial charge in [0.05, 0.1) is 17.5 Å². The Kier molecular flexibility index (Phi) is 5.15. The molecule has 1 N–H and O–H groups in total. The minimum absolute atomic E-state index is 0.0157. The zero-order valence-corrected chi connectivity index (χ0v) is 21.5. The van der Waals surface area contributed by atoms with E-state index in [1.54, 1.807) is 30.3 Å². The van der Waals surface area contributed by atoms with Gasteiger partial charge in [-0.1, -0.05) is 120 Å². The Hall–Kier alpha value is -3.92. The van der Waals surface area contributed by atoms with Gasteiger partial charge in [0.1, 0.15) is 5.69 Å². The summed E-state index contributed by atoms with van der Waals surface area (Å²) in [5.41, 5.74) is 4.23. The first-order chi connectivity index (χ1) is 19.0. The predicted molar refractivity (Wildman–Crippen MR) is 151 cm³/mol. The topological polar surface area (TPSA) is 55.2 Å². The average Bonchev–Trinajstić information content (AvgIpc) is 2.90. The Morgan fingerprint density at radius 2 is 1.31 bits per heavy atom. The van der Waals surface area contributed by atoms with Gasteiger partial charge in [-0.3, -0.25) is 10.1 Å². The number of hydrogen-bond donors (Lipinski definition) is 1. The van der Waals surface area contributed by atoms with Crippen LogP contribution in [0.15, 0.2) is 90.9 Å². The quantitative estimate of drug-likeness (QED) is 0.227. The molecule has 4 aromatic carbocycles. The second-order valence-corrected chi connectivity index (χ2v) is 10.9. The van der Waals surface area contributed by atoms with Crippen molar-refractivity contribution in [3.63, 3.8) is 0 Å². The average molecular weight is 484 g/mol. The third-order valence-electron chi connectivity index (χ3n) is 6.17. The fourth-order valence-corrected chi connectivity index (χ4v) is 4.04. The van der Waals surface area contributed by atoms with Crippen molar-refractivity contribution < 1.29 is 11.8 Å². The van der Waals surface area contributed by atoms with Crippen molar-refractivity contribution in [3.05, 3.63) is 112 Å². The largest absolute Gasteiger partial charge is 0.349 e. The maximum absolute atomic E-state index is 11.9. The van der Waals surface area contributed by atoms with Crippen molar-refractivity contribution in [3.8, 4) is 22.3 Å². The summed E-state index contributed by atoms with van der Waals surface area (Å²) < 4.78 is 41.9. The van der Waals surface area contributed by atoms with Gasteiger partial charge in [-0.2, -0.15) is 0 Å². The molecule has 0 fully saturated rings. The highest BCUT2D eigenvalue weighted by atomic mass is 16.6. The molecule has 4 nitrogen and oxygen atoms in total. The van der Waals surface area contributed by atoms with E-state index in [1.807, 2.05) is 6.07 Å². The fourth-order valence-electron chi connectivity index (χ4n) is 4.04. The standard InChI is InChI=1S/C32H34N2O2/c1-31(2,3)24-19-23(20-25(21-24)32(4,5)6)27-16-12-15-26(22-13-8-7-9-14-22)30(27)33-28-17-10-11-18-29(28)34(35)36/h7-21,33H,1-6H3/i7D,8D,9D,13D,14D. The molecule has 0 heterocycles. The molecule has 0 amide bonds. The molecule has 184 valence electrons. The number of hydrogen-bond acceptors (Lipinski definition) is 3. The van der Waals surface area contributed by atoms with E-state index in [2.05, 4.69) is 65.1 Å². The van der Waals surface area contributed by atoms with Crippen LogP contribution in [-0.4, -0.2) is 4.92 Å². The summed E-state index contributed by atoms with van der Waals surface area (Å²) in [5, 5.41) is 15.1. The molecule has 0 unspecified atom stereocenters. The molecule has 0 bridgehead atoms. The molecule has 0 aliphatic carbocycles. The van der Waals surface area contributed by atoms with Crippen molar-refractivity contribution in [2.24, 2.45) is 0 Å². The lowest BCUT2D eigenvalue weighted by atomic mass is 9.78. The molecule has 0 aliphatic rings. The monoisotopic (exact) mass is 483 g/mol. The second kappa shape index (κ2) is 9.62. The number of nitro groups is 1. The van der Waals surface area contributed by atoms with Crippen molar-refractivity contribution in [2.45, 2.75) is 52.4 Å². The van der Waals surface area contributed by atoms with E-state index in [0.29, 0.717) is 16.8 Å². The molecule has 0 radical (unpaired) electrons. The molecule has 36 heavy (non-hydrogen) atoms. The van der Waals surface area contributed by atoms with Gasteiger partial charge < -0.3 is 5.32 Å². The molecule has 0 spiro atoms. The number of nitrogens with one attached hydrogen (secondary N) is 1. The van der Waals surface area contributed by atoms with E-state index in [0.717, 1.165) is 16.7 Å². The summed E-state index contributed by atoms with van der Waals surface area (Å²) in [6, 6.07) is 15.8. The van der Waals surface area contributed by atoms with E-state index < -0.39 is 23.1 Å². The van der Waals surface area contributed by atoms with Gasteiger partial charge in [-0.25, -0.2) is 0 Å². The number of anilines is 2. The number of para-hydroxylation sites is 3. The van der Waals surface area contributed by atoms with Gasteiger partial charge in [-0.15, -0.1) is 0 Å². The Morgan fingerprint density at radius 1 is 0.750 bits per heavy atom. The number of nitrogens with zero attached hydrogens (tertiary/aromatic N) is 1. The van der Waals surface area contributed by atoms with Crippen LogP contribution in [0.5, 0.6) is 0 Å². The number of rotatable bonds is 5. The van der Waals surface area contributed by atoms with Crippen LogP contribution in [0.1, 0.15) is 59.5 Å². The predicted octanol–water partition coefficient (Wildman–Crippen LogP) is 9.27. The zero-order chi connectivity index (χ0) is 30.4. The molecule has 0 saturated heterocycles. The van der Waals surface area contributed by atoms with E-state index in [1.165, 1.54) is 6.07 Å². The first-order valence-electron chi connectivity index (χ1n) is 14.4. The summed E-state index contributed by atoms with van der Waals surface area (Å²) >= 11 is 0. The highest BCUT2D eigenvalue weighted by Gasteiger charge is 2.23. The molecule has 0 saturated carbocycles. The Labute approximate surface area is 221 Å². The van der Waals surface area contributed by atoms with Crippen molar-refractivity contribution in [1.29, 1.82) is 0 Å².